The molecule has 2 N–H and O–H groups in total. The predicted molar refractivity (Wildman–Crippen MR) is 74.6 cm³/mol. The number of piperidine rings is 1. The normalized spacial score (nSPS) is 17.1. The van der Waals surface area contributed by atoms with E-state index in [0.717, 1.165) is 12.5 Å². The van der Waals surface area contributed by atoms with Crippen LogP contribution >= 0.6 is 0 Å². The van der Waals surface area contributed by atoms with Gasteiger partial charge in [-0.2, -0.15) is 0 Å². The summed E-state index contributed by atoms with van der Waals surface area (Å²) in [5.74, 6) is 0.911. The maximum absolute atomic E-state index is 3.58. The first kappa shape index (κ1) is 12.4. The third-order valence-corrected chi connectivity index (χ3v) is 3.72. The van der Waals surface area contributed by atoms with Gasteiger partial charge in [-0.05, 0) is 69.3 Å². The summed E-state index contributed by atoms with van der Waals surface area (Å²) in [6.45, 7) is 7.83. The van der Waals surface area contributed by atoms with Crippen molar-refractivity contribution in [3.05, 3.63) is 29.3 Å². The Labute approximate surface area is 105 Å². The topological polar surface area (TPSA) is 24.1 Å². The lowest BCUT2D eigenvalue weighted by Crippen LogP contribution is -2.28. The van der Waals surface area contributed by atoms with Crippen LogP contribution in [-0.2, 0) is 0 Å². The largest absolute Gasteiger partial charge is 0.385 e. The summed E-state index contributed by atoms with van der Waals surface area (Å²) in [5, 5.41) is 7.00. The molecular weight excluding hydrogens is 208 g/mol. The van der Waals surface area contributed by atoms with Gasteiger partial charge in [-0.15, -0.1) is 0 Å². The molecule has 1 saturated heterocycles. The van der Waals surface area contributed by atoms with E-state index in [4.69, 9.17) is 0 Å². The van der Waals surface area contributed by atoms with Crippen LogP contribution in [0.1, 0.15) is 30.4 Å². The molecule has 0 atom stereocenters. The smallest absolute Gasteiger partial charge is 0.0372 e. The second-order valence-corrected chi connectivity index (χ2v) is 5.23. The number of aryl methyl sites for hydroxylation is 2. The molecule has 0 aromatic heterocycles. The van der Waals surface area contributed by atoms with Crippen LogP contribution in [0.5, 0.6) is 0 Å². The summed E-state index contributed by atoms with van der Waals surface area (Å²) in [6, 6.07) is 6.62. The van der Waals surface area contributed by atoms with Crippen molar-refractivity contribution in [2.45, 2.75) is 33.1 Å². The number of anilines is 1. The lowest BCUT2D eigenvalue weighted by molar-refractivity contribution is 0.361. The highest BCUT2D eigenvalue weighted by molar-refractivity contribution is 5.52. The van der Waals surface area contributed by atoms with Gasteiger partial charge in [0.15, 0.2) is 0 Å². The molecule has 1 heterocycles. The Morgan fingerprint density at radius 1 is 1.24 bits per heavy atom. The third kappa shape index (κ3) is 3.74. The van der Waals surface area contributed by atoms with Crippen LogP contribution in [0.25, 0.3) is 0 Å². The monoisotopic (exact) mass is 232 g/mol. The zero-order chi connectivity index (χ0) is 12.1. The maximum Gasteiger partial charge on any atom is 0.0372 e. The molecule has 0 spiro atoms. The molecule has 1 fully saturated rings. The highest BCUT2D eigenvalue weighted by Crippen LogP contribution is 2.19. The van der Waals surface area contributed by atoms with Crippen LogP contribution in [0.3, 0.4) is 0 Å². The maximum atomic E-state index is 3.58. The van der Waals surface area contributed by atoms with Gasteiger partial charge >= 0.3 is 0 Å². The fourth-order valence-electron chi connectivity index (χ4n) is 2.51. The van der Waals surface area contributed by atoms with Crippen molar-refractivity contribution in [2.75, 3.05) is 25.0 Å². The van der Waals surface area contributed by atoms with Crippen molar-refractivity contribution in [2.24, 2.45) is 5.92 Å². The minimum absolute atomic E-state index is 0.911. The molecule has 0 bridgehead atoms. The number of nitrogens with one attached hydrogen (secondary N) is 2. The molecule has 94 valence electrons. The van der Waals surface area contributed by atoms with E-state index in [0.29, 0.717) is 0 Å². The van der Waals surface area contributed by atoms with Gasteiger partial charge in [0.05, 0.1) is 0 Å². The molecule has 1 aliphatic heterocycles. The van der Waals surface area contributed by atoms with Crippen molar-refractivity contribution < 1.29 is 0 Å². The second-order valence-electron chi connectivity index (χ2n) is 5.23. The average molecular weight is 232 g/mol. The molecule has 0 aliphatic carbocycles. The fourth-order valence-corrected chi connectivity index (χ4v) is 2.51. The van der Waals surface area contributed by atoms with E-state index in [1.165, 1.54) is 49.2 Å². The zero-order valence-electron chi connectivity index (χ0n) is 11.1. The average Bonchev–Trinajstić information content (AvgIpc) is 2.35. The molecule has 0 unspecified atom stereocenters. The van der Waals surface area contributed by atoms with E-state index in [9.17, 15) is 0 Å². The molecule has 17 heavy (non-hydrogen) atoms. The first-order chi connectivity index (χ1) is 8.25. The van der Waals surface area contributed by atoms with E-state index in [1.54, 1.807) is 0 Å². The van der Waals surface area contributed by atoms with E-state index < -0.39 is 0 Å². The van der Waals surface area contributed by atoms with Crippen molar-refractivity contribution in [1.82, 2.24) is 5.32 Å². The van der Waals surface area contributed by atoms with Crippen LogP contribution in [0.2, 0.25) is 0 Å². The zero-order valence-corrected chi connectivity index (χ0v) is 11.1. The summed E-state index contributed by atoms with van der Waals surface area (Å²) in [5.41, 5.74) is 3.99. The fraction of sp³-hybridized carbons (Fsp3) is 0.600. The van der Waals surface area contributed by atoms with Crippen molar-refractivity contribution >= 4 is 5.69 Å². The van der Waals surface area contributed by atoms with Gasteiger partial charge in [0.1, 0.15) is 0 Å². The van der Waals surface area contributed by atoms with E-state index in [-0.39, 0.29) is 0 Å². The predicted octanol–water partition coefficient (Wildman–Crippen LogP) is 3.11. The minimum Gasteiger partial charge on any atom is -0.385 e. The Morgan fingerprint density at radius 2 is 2.00 bits per heavy atom. The van der Waals surface area contributed by atoms with Crippen molar-refractivity contribution in [1.29, 1.82) is 0 Å². The SMILES string of the molecule is Cc1ccc(C)c(NCCC2CCNCC2)c1. The highest BCUT2D eigenvalue weighted by Gasteiger charge is 2.12. The van der Waals surface area contributed by atoms with Crippen LogP contribution < -0.4 is 10.6 Å². The molecule has 1 aromatic carbocycles. The van der Waals surface area contributed by atoms with Gasteiger partial charge < -0.3 is 10.6 Å². The Bertz CT molecular complexity index is 354. The van der Waals surface area contributed by atoms with Gasteiger partial charge in [-0.1, -0.05) is 12.1 Å². The van der Waals surface area contributed by atoms with E-state index >= 15 is 0 Å². The van der Waals surface area contributed by atoms with E-state index in [2.05, 4.69) is 42.7 Å². The van der Waals surface area contributed by atoms with Gasteiger partial charge in [-0.3, -0.25) is 0 Å². The molecule has 2 rings (SSSR count). The Balaban J connectivity index is 1.79. The Hall–Kier alpha value is -1.02. The van der Waals surface area contributed by atoms with Gasteiger partial charge in [-0.25, -0.2) is 0 Å². The molecule has 1 aromatic rings. The van der Waals surface area contributed by atoms with E-state index in [1.807, 2.05) is 0 Å². The standard InChI is InChI=1S/C15H24N2/c1-12-3-4-13(2)15(11-12)17-10-7-14-5-8-16-9-6-14/h3-4,11,14,16-17H,5-10H2,1-2H3. The van der Waals surface area contributed by atoms with Gasteiger partial charge in [0.25, 0.3) is 0 Å². The first-order valence-electron chi connectivity index (χ1n) is 6.77. The molecule has 1 aliphatic rings. The van der Waals surface area contributed by atoms with Gasteiger partial charge in [0, 0.05) is 12.2 Å². The Kier molecular flexibility index (Phi) is 4.43. The van der Waals surface area contributed by atoms with Crippen LogP contribution in [0, 0.1) is 19.8 Å². The lowest BCUT2D eigenvalue weighted by Gasteiger charge is -2.23. The minimum atomic E-state index is 0.911. The molecule has 2 heteroatoms. The number of rotatable bonds is 4. The van der Waals surface area contributed by atoms with Crippen LogP contribution in [-0.4, -0.2) is 19.6 Å². The summed E-state index contributed by atoms with van der Waals surface area (Å²) in [7, 11) is 0. The Morgan fingerprint density at radius 3 is 2.76 bits per heavy atom. The molecule has 0 radical (unpaired) electrons. The number of hydrogen-bond donors (Lipinski definition) is 2. The number of benzene rings is 1. The van der Waals surface area contributed by atoms with Crippen molar-refractivity contribution in [3.63, 3.8) is 0 Å². The summed E-state index contributed by atoms with van der Waals surface area (Å²) in [6.07, 6.45) is 3.98. The van der Waals surface area contributed by atoms with Crippen LogP contribution in [0.4, 0.5) is 5.69 Å². The molecule has 2 nitrogen and oxygen atoms in total. The second kappa shape index (κ2) is 6.06. The quantitative estimate of drug-likeness (QED) is 0.833. The summed E-state index contributed by atoms with van der Waals surface area (Å²) in [4.78, 5) is 0. The summed E-state index contributed by atoms with van der Waals surface area (Å²) >= 11 is 0. The molecular formula is C15H24N2. The van der Waals surface area contributed by atoms with Gasteiger partial charge in [0.2, 0.25) is 0 Å². The molecule has 0 amide bonds. The lowest BCUT2D eigenvalue weighted by atomic mass is 9.95. The van der Waals surface area contributed by atoms with Crippen molar-refractivity contribution in [3.8, 4) is 0 Å². The summed E-state index contributed by atoms with van der Waals surface area (Å²) < 4.78 is 0. The molecule has 0 saturated carbocycles. The van der Waals surface area contributed by atoms with Crippen LogP contribution in [0.15, 0.2) is 18.2 Å². The number of hydrogen-bond acceptors (Lipinski definition) is 2. The first-order valence-corrected chi connectivity index (χ1v) is 6.77. The highest BCUT2D eigenvalue weighted by atomic mass is 14.9. The third-order valence-electron chi connectivity index (χ3n) is 3.72.